The Morgan fingerprint density at radius 2 is 1.67 bits per heavy atom. The molecule has 3 heterocycles. The topological polar surface area (TPSA) is 36.8 Å². The molecule has 1 N–H and O–H groups in total. The SMILES string of the molecule is Cc1c(F)cccc1Cc1c(-c2ccccc2)c2ccccn2c1C(=O)N1CCNC[C@@H]1Cc1ccccc1. The van der Waals surface area contributed by atoms with Crippen LogP contribution in [0, 0.1) is 12.7 Å². The lowest BCUT2D eigenvalue weighted by Gasteiger charge is -2.36. The lowest BCUT2D eigenvalue weighted by molar-refractivity contribution is 0.0628. The second-order valence-corrected chi connectivity index (χ2v) is 10.3. The first kappa shape index (κ1) is 25.1. The van der Waals surface area contributed by atoms with Crippen LogP contribution < -0.4 is 5.32 Å². The number of carbonyl (C=O) groups is 1. The van der Waals surface area contributed by atoms with Crippen molar-refractivity contribution in [3.8, 4) is 11.1 Å². The van der Waals surface area contributed by atoms with Crippen LogP contribution in [0.15, 0.2) is 103 Å². The highest BCUT2D eigenvalue weighted by molar-refractivity contribution is 6.01. The molecule has 5 aromatic rings. The number of hydrogen-bond donors (Lipinski definition) is 1. The van der Waals surface area contributed by atoms with E-state index in [0.717, 1.165) is 47.3 Å². The Morgan fingerprint density at radius 3 is 2.46 bits per heavy atom. The van der Waals surface area contributed by atoms with Gasteiger partial charge in [0.1, 0.15) is 11.5 Å². The van der Waals surface area contributed by atoms with Gasteiger partial charge >= 0.3 is 0 Å². The first-order chi connectivity index (χ1) is 19.1. The van der Waals surface area contributed by atoms with Gasteiger partial charge in [-0.3, -0.25) is 4.79 Å². The molecule has 2 aromatic heterocycles. The van der Waals surface area contributed by atoms with Gasteiger partial charge in [-0.05, 0) is 59.4 Å². The van der Waals surface area contributed by atoms with E-state index in [4.69, 9.17) is 0 Å². The molecule has 1 atom stereocenters. The lowest BCUT2D eigenvalue weighted by Crippen LogP contribution is -2.54. The molecule has 0 unspecified atom stereocenters. The smallest absolute Gasteiger partial charge is 0.271 e. The summed E-state index contributed by atoms with van der Waals surface area (Å²) >= 11 is 0. The zero-order valence-electron chi connectivity index (χ0n) is 22.1. The summed E-state index contributed by atoms with van der Waals surface area (Å²) in [7, 11) is 0. The molecule has 196 valence electrons. The van der Waals surface area contributed by atoms with E-state index in [9.17, 15) is 9.18 Å². The van der Waals surface area contributed by atoms with E-state index in [-0.39, 0.29) is 17.8 Å². The molecular weight excluding hydrogens is 485 g/mol. The van der Waals surface area contributed by atoms with Crippen molar-refractivity contribution >= 4 is 11.4 Å². The Morgan fingerprint density at radius 1 is 0.923 bits per heavy atom. The average molecular weight is 518 g/mol. The lowest BCUT2D eigenvalue weighted by atomic mass is 9.93. The van der Waals surface area contributed by atoms with Gasteiger partial charge in [-0.15, -0.1) is 0 Å². The Bertz CT molecular complexity index is 1610. The van der Waals surface area contributed by atoms with Gasteiger partial charge in [0.2, 0.25) is 0 Å². The average Bonchev–Trinajstić information content (AvgIpc) is 3.30. The minimum Gasteiger partial charge on any atom is -0.331 e. The molecule has 1 fully saturated rings. The molecule has 1 saturated heterocycles. The number of benzene rings is 3. The zero-order chi connectivity index (χ0) is 26.8. The van der Waals surface area contributed by atoms with E-state index in [1.54, 1.807) is 6.07 Å². The molecule has 1 aliphatic rings. The zero-order valence-corrected chi connectivity index (χ0v) is 22.1. The number of nitrogens with zero attached hydrogens (tertiary/aromatic N) is 2. The molecule has 0 saturated carbocycles. The van der Waals surface area contributed by atoms with Crippen molar-refractivity contribution in [2.45, 2.75) is 25.8 Å². The minimum absolute atomic E-state index is 0.0184. The molecule has 0 aliphatic carbocycles. The number of hydrogen-bond acceptors (Lipinski definition) is 2. The maximum atomic E-state index is 14.6. The number of nitrogens with one attached hydrogen (secondary N) is 1. The van der Waals surface area contributed by atoms with Crippen molar-refractivity contribution in [3.05, 3.63) is 137 Å². The number of rotatable bonds is 6. The van der Waals surface area contributed by atoms with E-state index in [1.165, 1.54) is 11.6 Å². The molecule has 0 radical (unpaired) electrons. The third-order valence-corrected chi connectivity index (χ3v) is 7.88. The Balaban J connectivity index is 1.52. The summed E-state index contributed by atoms with van der Waals surface area (Å²) in [6, 6.07) is 31.9. The molecular formula is C34H32FN3O. The van der Waals surface area contributed by atoms with Crippen molar-refractivity contribution < 1.29 is 9.18 Å². The van der Waals surface area contributed by atoms with Gasteiger partial charge in [0.15, 0.2) is 0 Å². The van der Waals surface area contributed by atoms with Gasteiger partial charge in [0.25, 0.3) is 5.91 Å². The second kappa shape index (κ2) is 10.9. The minimum atomic E-state index is -0.226. The van der Waals surface area contributed by atoms with Crippen LogP contribution in [0.2, 0.25) is 0 Å². The highest BCUT2D eigenvalue weighted by atomic mass is 19.1. The van der Waals surface area contributed by atoms with Crippen molar-refractivity contribution in [1.82, 2.24) is 14.6 Å². The van der Waals surface area contributed by atoms with Crippen LogP contribution in [0.3, 0.4) is 0 Å². The Labute approximate surface area is 228 Å². The van der Waals surface area contributed by atoms with Crippen LogP contribution in [0.25, 0.3) is 16.6 Å². The molecule has 1 aliphatic heterocycles. The molecule has 6 rings (SSSR count). The monoisotopic (exact) mass is 517 g/mol. The van der Waals surface area contributed by atoms with Crippen molar-refractivity contribution in [1.29, 1.82) is 0 Å². The second-order valence-electron chi connectivity index (χ2n) is 10.3. The number of piperazine rings is 1. The summed E-state index contributed by atoms with van der Waals surface area (Å²) in [5.74, 6) is -0.208. The number of carbonyl (C=O) groups excluding carboxylic acids is 1. The Kier molecular flexibility index (Phi) is 6.99. The highest BCUT2D eigenvalue weighted by Gasteiger charge is 2.33. The predicted molar refractivity (Wildman–Crippen MR) is 155 cm³/mol. The fourth-order valence-electron chi connectivity index (χ4n) is 5.86. The predicted octanol–water partition coefficient (Wildman–Crippen LogP) is 6.30. The largest absolute Gasteiger partial charge is 0.331 e. The molecule has 1 amide bonds. The van der Waals surface area contributed by atoms with Crippen LogP contribution in [-0.4, -0.2) is 40.9 Å². The summed E-state index contributed by atoms with van der Waals surface area (Å²) < 4.78 is 16.7. The van der Waals surface area contributed by atoms with E-state index in [0.29, 0.717) is 24.2 Å². The molecule has 5 heteroatoms. The van der Waals surface area contributed by atoms with Crippen LogP contribution >= 0.6 is 0 Å². The third kappa shape index (κ3) is 4.86. The standard InChI is InChI=1S/C34H32FN3O/c1-24-27(15-10-16-30(24)35)22-29-32(26-13-6-3-7-14-26)31-17-8-9-19-38(31)33(29)34(39)37-20-18-36-23-28(37)21-25-11-4-2-5-12-25/h2-17,19,28,36H,18,20-23H2,1H3/t28-/m0/s1. The van der Waals surface area contributed by atoms with E-state index in [1.807, 2.05) is 77.0 Å². The molecule has 4 nitrogen and oxygen atoms in total. The van der Waals surface area contributed by atoms with Crippen LogP contribution in [0.5, 0.6) is 0 Å². The quantitative estimate of drug-likeness (QED) is 0.287. The van der Waals surface area contributed by atoms with Gasteiger partial charge in [-0.25, -0.2) is 4.39 Å². The first-order valence-corrected chi connectivity index (χ1v) is 13.6. The summed E-state index contributed by atoms with van der Waals surface area (Å²) in [5, 5.41) is 3.49. The fourth-order valence-corrected chi connectivity index (χ4v) is 5.86. The first-order valence-electron chi connectivity index (χ1n) is 13.6. The van der Waals surface area contributed by atoms with Gasteiger partial charge in [-0.1, -0.05) is 78.9 Å². The van der Waals surface area contributed by atoms with Gasteiger partial charge in [0.05, 0.1) is 5.52 Å². The van der Waals surface area contributed by atoms with Gasteiger partial charge in [-0.2, -0.15) is 0 Å². The number of pyridine rings is 1. The van der Waals surface area contributed by atoms with Crippen molar-refractivity contribution in [2.24, 2.45) is 0 Å². The number of fused-ring (bicyclic) bond motifs is 1. The summed E-state index contributed by atoms with van der Waals surface area (Å²) in [4.78, 5) is 16.7. The third-order valence-electron chi connectivity index (χ3n) is 7.88. The van der Waals surface area contributed by atoms with Crippen molar-refractivity contribution in [3.63, 3.8) is 0 Å². The normalized spacial score (nSPS) is 15.5. The van der Waals surface area contributed by atoms with Crippen LogP contribution in [0.1, 0.15) is 32.7 Å². The molecule has 0 bridgehead atoms. The van der Waals surface area contributed by atoms with Gasteiger partial charge < -0.3 is 14.6 Å². The number of halogens is 1. The molecule has 3 aromatic carbocycles. The van der Waals surface area contributed by atoms with Crippen LogP contribution in [-0.2, 0) is 12.8 Å². The summed E-state index contributed by atoms with van der Waals surface area (Å²) in [5.41, 5.74) is 7.36. The summed E-state index contributed by atoms with van der Waals surface area (Å²) in [6.07, 6.45) is 3.23. The van der Waals surface area contributed by atoms with Crippen molar-refractivity contribution in [2.75, 3.05) is 19.6 Å². The number of amides is 1. The maximum Gasteiger partial charge on any atom is 0.271 e. The Hall–Kier alpha value is -4.22. The molecule has 0 spiro atoms. The van der Waals surface area contributed by atoms with Gasteiger partial charge in [0, 0.05) is 43.9 Å². The maximum absolute atomic E-state index is 14.6. The van der Waals surface area contributed by atoms with E-state index < -0.39 is 0 Å². The van der Waals surface area contributed by atoms with E-state index in [2.05, 4.69) is 35.6 Å². The fraction of sp³-hybridized carbons (Fsp3) is 0.206. The van der Waals surface area contributed by atoms with E-state index >= 15 is 0 Å². The summed E-state index contributed by atoms with van der Waals surface area (Å²) in [6.45, 7) is 3.95. The highest BCUT2D eigenvalue weighted by Crippen LogP contribution is 2.36. The number of aromatic nitrogens is 1. The molecule has 39 heavy (non-hydrogen) atoms. The van der Waals surface area contributed by atoms with Crippen LogP contribution in [0.4, 0.5) is 4.39 Å².